The van der Waals surface area contributed by atoms with E-state index in [2.05, 4.69) is 20.3 Å². The Balaban J connectivity index is 1.60. The van der Waals surface area contributed by atoms with Crippen LogP contribution in [0.4, 0.5) is 5.95 Å². The third kappa shape index (κ3) is 4.24. The first-order chi connectivity index (χ1) is 11.7. The van der Waals surface area contributed by atoms with E-state index < -0.39 is 6.10 Å². The maximum absolute atomic E-state index is 12.4. The van der Waals surface area contributed by atoms with Crippen LogP contribution in [-0.2, 0) is 11.3 Å². The molecule has 0 aliphatic carbocycles. The van der Waals surface area contributed by atoms with Crippen LogP contribution in [0.5, 0.6) is 0 Å². The minimum atomic E-state index is -0.669. The summed E-state index contributed by atoms with van der Waals surface area (Å²) < 4.78 is 5.23. The predicted molar refractivity (Wildman–Crippen MR) is 86.3 cm³/mol. The summed E-state index contributed by atoms with van der Waals surface area (Å²) in [5.41, 5.74) is 1.40. The topological polar surface area (TPSA) is 100 Å². The molecule has 1 aliphatic rings. The number of carbonyl (C=O) groups excluding carboxylic acids is 1. The molecule has 8 heteroatoms. The summed E-state index contributed by atoms with van der Waals surface area (Å²) in [6.45, 7) is 1.90. The lowest BCUT2D eigenvalue weighted by Gasteiger charge is -2.21. The summed E-state index contributed by atoms with van der Waals surface area (Å²) in [7, 11) is 0. The van der Waals surface area contributed by atoms with E-state index in [0.29, 0.717) is 31.2 Å². The van der Waals surface area contributed by atoms with Crippen LogP contribution in [0, 0.1) is 0 Å². The van der Waals surface area contributed by atoms with Crippen molar-refractivity contribution in [2.45, 2.75) is 12.6 Å². The van der Waals surface area contributed by atoms with Crippen LogP contribution in [0.3, 0.4) is 0 Å². The maximum atomic E-state index is 12.4. The molecular formula is C16H19N5O3. The molecular weight excluding hydrogens is 310 g/mol. The number of β-amino-alcohol motifs (C(OH)–C–C–N with tert-alkyl or cyclic N) is 1. The number of hydrogen-bond acceptors (Lipinski definition) is 7. The van der Waals surface area contributed by atoms with E-state index in [-0.39, 0.29) is 19.1 Å². The van der Waals surface area contributed by atoms with Crippen LogP contribution >= 0.6 is 0 Å². The van der Waals surface area contributed by atoms with Gasteiger partial charge < -0.3 is 20.1 Å². The van der Waals surface area contributed by atoms with Gasteiger partial charge in [-0.1, -0.05) is 6.07 Å². The molecule has 0 radical (unpaired) electrons. The third-order valence-electron chi connectivity index (χ3n) is 3.61. The summed E-state index contributed by atoms with van der Waals surface area (Å²) in [5, 5.41) is 12.8. The lowest BCUT2D eigenvalue weighted by atomic mass is 10.2. The second-order valence-electron chi connectivity index (χ2n) is 5.49. The fourth-order valence-electron chi connectivity index (χ4n) is 2.37. The number of nitrogens with zero attached hydrogens (tertiary/aromatic N) is 4. The van der Waals surface area contributed by atoms with Crippen LogP contribution < -0.4 is 5.32 Å². The van der Waals surface area contributed by atoms with Crippen molar-refractivity contribution < 1.29 is 14.6 Å². The second-order valence-corrected chi connectivity index (χ2v) is 5.49. The second kappa shape index (κ2) is 7.80. The van der Waals surface area contributed by atoms with E-state index in [9.17, 15) is 9.90 Å². The Kier molecular flexibility index (Phi) is 5.29. The Hall–Kier alpha value is -2.58. The largest absolute Gasteiger partial charge is 0.389 e. The quantitative estimate of drug-likeness (QED) is 0.833. The van der Waals surface area contributed by atoms with Gasteiger partial charge in [0.1, 0.15) is 0 Å². The zero-order valence-electron chi connectivity index (χ0n) is 13.1. The van der Waals surface area contributed by atoms with Crippen molar-refractivity contribution in [1.29, 1.82) is 0 Å². The number of amides is 1. The van der Waals surface area contributed by atoms with Gasteiger partial charge in [0.05, 0.1) is 24.9 Å². The molecule has 0 spiro atoms. The Bertz CT molecular complexity index is 665. The van der Waals surface area contributed by atoms with Gasteiger partial charge in [0.25, 0.3) is 5.91 Å². The molecule has 0 bridgehead atoms. The number of rotatable bonds is 4. The molecule has 0 aromatic carbocycles. The first kappa shape index (κ1) is 16.3. The molecule has 3 heterocycles. The van der Waals surface area contributed by atoms with Crippen molar-refractivity contribution in [3.05, 3.63) is 48.0 Å². The molecule has 0 saturated carbocycles. The lowest BCUT2D eigenvalue weighted by Crippen LogP contribution is -2.37. The number of pyridine rings is 1. The number of carbonyl (C=O) groups is 1. The molecule has 2 N–H and O–H groups in total. The molecule has 126 valence electrons. The fraction of sp³-hybridized carbons (Fsp3) is 0.375. The van der Waals surface area contributed by atoms with Gasteiger partial charge >= 0.3 is 0 Å². The number of ether oxygens (including phenoxy) is 1. The Morgan fingerprint density at radius 3 is 2.96 bits per heavy atom. The van der Waals surface area contributed by atoms with Gasteiger partial charge in [0, 0.05) is 44.4 Å². The third-order valence-corrected chi connectivity index (χ3v) is 3.61. The van der Waals surface area contributed by atoms with Gasteiger partial charge in [-0.15, -0.1) is 0 Å². The molecule has 1 saturated heterocycles. The predicted octanol–water partition coefficient (Wildman–Crippen LogP) is 0.317. The number of aliphatic hydroxyl groups is 1. The van der Waals surface area contributed by atoms with Crippen LogP contribution in [0.2, 0.25) is 0 Å². The Morgan fingerprint density at radius 2 is 2.21 bits per heavy atom. The molecule has 3 rings (SSSR count). The molecule has 1 fully saturated rings. The molecule has 24 heavy (non-hydrogen) atoms. The van der Waals surface area contributed by atoms with E-state index in [1.165, 1.54) is 12.4 Å². The highest BCUT2D eigenvalue weighted by molar-refractivity contribution is 5.93. The molecule has 2 aromatic heterocycles. The van der Waals surface area contributed by atoms with Gasteiger partial charge in [-0.2, -0.15) is 0 Å². The molecule has 1 amide bonds. The normalized spacial score (nSPS) is 18.0. The van der Waals surface area contributed by atoms with Crippen LogP contribution in [-0.4, -0.2) is 63.3 Å². The van der Waals surface area contributed by atoms with Gasteiger partial charge in [-0.3, -0.25) is 9.78 Å². The number of anilines is 1. The number of nitrogens with one attached hydrogen (secondary N) is 1. The van der Waals surface area contributed by atoms with E-state index in [0.717, 1.165) is 5.56 Å². The SMILES string of the molecule is O=C(c1cnc(NCc2cccnc2)nc1)N1CCOCC(O)C1. The van der Waals surface area contributed by atoms with Gasteiger partial charge in [0.2, 0.25) is 5.95 Å². The zero-order valence-corrected chi connectivity index (χ0v) is 13.1. The average molecular weight is 329 g/mol. The molecule has 8 nitrogen and oxygen atoms in total. The average Bonchev–Trinajstić information content (AvgIpc) is 2.85. The van der Waals surface area contributed by atoms with E-state index in [1.54, 1.807) is 17.3 Å². The molecule has 1 unspecified atom stereocenters. The van der Waals surface area contributed by atoms with Crippen molar-refractivity contribution in [3.8, 4) is 0 Å². The monoisotopic (exact) mass is 329 g/mol. The summed E-state index contributed by atoms with van der Waals surface area (Å²) >= 11 is 0. The van der Waals surface area contributed by atoms with Crippen LogP contribution in [0.25, 0.3) is 0 Å². The Labute approximate surface area is 139 Å². The fourth-order valence-corrected chi connectivity index (χ4v) is 2.37. The van der Waals surface area contributed by atoms with E-state index in [4.69, 9.17) is 4.74 Å². The molecule has 1 atom stereocenters. The minimum absolute atomic E-state index is 0.210. The minimum Gasteiger partial charge on any atom is -0.389 e. The summed E-state index contributed by atoms with van der Waals surface area (Å²) in [6.07, 6.45) is 5.78. The highest BCUT2D eigenvalue weighted by atomic mass is 16.5. The standard InChI is InChI=1S/C16H19N5O3/c22-14-10-21(4-5-24-11-14)15(23)13-8-19-16(20-9-13)18-7-12-2-1-3-17-6-12/h1-3,6,8-9,14,22H,4-5,7,10-11H2,(H,18,19,20). The lowest BCUT2D eigenvalue weighted by molar-refractivity contribution is 0.0534. The van der Waals surface area contributed by atoms with Crippen molar-refractivity contribution in [3.63, 3.8) is 0 Å². The van der Waals surface area contributed by atoms with Crippen LogP contribution in [0.15, 0.2) is 36.9 Å². The van der Waals surface area contributed by atoms with Crippen molar-refractivity contribution in [2.24, 2.45) is 0 Å². The maximum Gasteiger partial charge on any atom is 0.257 e. The zero-order chi connectivity index (χ0) is 16.8. The van der Waals surface area contributed by atoms with Crippen molar-refractivity contribution >= 4 is 11.9 Å². The number of hydrogen-bond donors (Lipinski definition) is 2. The van der Waals surface area contributed by atoms with Crippen LogP contribution in [0.1, 0.15) is 15.9 Å². The highest BCUT2D eigenvalue weighted by Gasteiger charge is 2.22. The van der Waals surface area contributed by atoms with E-state index >= 15 is 0 Å². The molecule has 2 aromatic rings. The number of aliphatic hydroxyl groups excluding tert-OH is 1. The summed E-state index contributed by atoms with van der Waals surface area (Å²) in [6, 6.07) is 3.81. The first-order valence-electron chi connectivity index (χ1n) is 7.72. The summed E-state index contributed by atoms with van der Waals surface area (Å²) in [4.78, 5) is 26.4. The summed E-state index contributed by atoms with van der Waals surface area (Å²) in [5.74, 6) is 0.230. The van der Waals surface area contributed by atoms with Crippen molar-refractivity contribution in [2.75, 3.05) is 31.6 Å². The Morgan fingerprint density at radius 1 is 1.38 bits per heavy atom. The van der Waals surface area contributed by atoms with Gasteiger partial charge in [0.15, 0.2) is 0 Å². The van der Waals surface area contributed by atoms with Gasteiger partial charge in [-0.25, -0.2) is 9.97 Å². The molecule has 1 aliphatic heterocycles. The van der Waals surface area contributed by atoms with Gasteiger partial charge in [-0.05, 0) is 11.6 Å². The highest BCUT2D eigenvalue weighted by Crippen LogP contribution is 2.09. The smallest absolute Gasteiger partial charge is 0.257 e. The van der Waals surface area contributed by atoms with Crippen molar-refractivity contribution in [1.82, 2.24) is 19.9 Å². The first-order valence-corrected chi connectivity index (χ1v) is 7.72. The number of aromatic nitrogens is 3. The van der Waals surface area contributed by atoms with E-state index in [1.807, 2.05) is 12.1 Å².